The van der Waals surface area contributed by atoms with Crippen molar-refractivity contribution in [3.63, 3.8) is 0 Å². The van der Waals surface area contributed by atoms with Crippen molar-refractivity contribution in [1.29, 1.82) is 0 Å². The minimum Gasteiger partial charge on any atom is -0.0704 e. The fourth-order valence-corrected chi connectivity index (χ4v) is 2.55. The lowest BCUT2D eigenvalue weighted by Gasteiger charge is -2.00. The van der Waals surface area contributed by atoms with Crippen LogP contribution in [0, 0.1) is 11.8 Å². The van der Waals surface area contributed by atoms with Gasteiger partial charge in [-0.15, -0.1) is 0 Å². The SMILES string of the molecule is C1CC2CC1=C1CC12. The Balaban J connectivity index is 2.22. The molecule has 3 aliphatic rings. The molecule has 2 saturated carbocycles. The van der Waals surface area contributed by atoms with E-state index in [0.29, 0.717) is 0 Å². The molecule has 0 saturated heterocycles. The topological polar surface area (TPSA) is 0 Å². The van der Waals surface area contributed by atoms with E-state index in [2.05, 4.69) is 0 Å². The van der Waals surface area contributed by atoms with Gasteiger partial charge in [-0.2, -0.15) is 0 Å². The second-order valence-electron chi connectivity index (χ2n) is 3.44. The Morgan fingerprint density at radius 3 is 2.75 bits per heavy atom. The van der Waals surface area contributed by atoms with Crippen LogP contribution in [-0.4, -0.2) is 0 Å². The van der Waals surface area contributed by atoms with Crippen LogP contribution in [0.5, 0.6) is 0 Å². The zero-order valence-electron chi connectivity index (χ0n) is 4.98. The maximum Gasteiger partial charge on any atom is -0.0131 e. The number of fused-ring (bicyclic) bond motifs is 4. The molecule has 3 aliphatic carbocycles. The van der Waals surface area contributed by atoms with Gasteiger partial charge in [0.25, 0.3) is 0 Å². The average molecular weight is 106 g/mol. The lowest BCUT2D eigenvalue weighted by molar-refractivity contribution is 0.508. The molecule has 2 unspecified atom stereocenters. The highest BCUT2D eigenvalue weighted by Gasteiger charge is 2.48. The molecule has 0 nitrogen and oxygen atoms in total. The van der Waals surface area contributed by atoms with Crippen LogP contribution in [0.4, 0.5) is 0 Å². The number of hydrogen-bond donors (Lipinski definition) is 0. The van der Waals surface area contributed by atoms with E-state index < -0.39 is 0 Å². The summed E-state index contributed by atoms with van der Waals surface area (Å²) in [6.07, 6.45) is 6.00. The van der Waals surface area contributed by atoms with Gasteiger partial charge >= 0.3 is 0 Å². The fraction of sp³-hybridized carbons (Fsp3) is 0.750. The van der Waals surface area contributed by atoms with Gasteiger partial charge < -0.3 is 0 Å². The highest BCUT2D eigenvalue weighted by Crippen LogP contribution is 2.61. The molecule has 3 rings (SSSR count). The Kier molecular flexibility index (Phi) is 0.415. The normalized spacial score (nSPS) is 48.0. The predicted octanol–water partition coefficient (Wildman–Crippen LogP) is 2.12. The maximum absolute atomic E-state index is 1.88. The largest absolute Gasteiger partial charge is 0.0704 e. The van der Waals surface area contributed by atoms with Crippen molar-refractivity contribution < 1.29 is 0 Å². The molecule has 42 valence electrons. The van der Waals surface area contributed by atoms with Crippen LogP contribution < -0.4 is 0 Å². The van der Waals surface area contributed by atoms with Crippen LogP contribution in [0.25, 0.3) is 0 Å². The zero-order valence-corrected chi connectivity index (χ0v) is 4.98. The van der Waals surface area contributed by atoms with E-state index in [9.17, 15) is 0 Å². The molecular formula is C8H10. The van der Waals surface area contributed by atoms with Crippen LogP contribution >= 0.6 is 0 Å². The van der Waals surface area contributed by atoms with Crippen molar-refractivity contribution in [1.82, 2.24) is 0 Å². The van der Waals surface area contributed by atoms with Crippen LogP contribution in [0.2, 0.25) is 0 Å². The van der Waals surface area contributed by atoms with Gasteiger partial charge in [-0.05, 0) is 37.5 Å². The Morgan fingerprint density at radius 2 is 2.25 bits per heavy atom. The van der Waals surface area contributed by atoms with Crippen molar-refractivity contribution >= 4 is 0 Å². The van der Waals surface area contributed by atoms with Gasteiger partial charge in [-0.25, -0.2) is 0 Å². The van der Waals surface area contributed by atoms with Crippen LogP contribution in [0.15, 0.2) is 11.1 Å². The van der Waals surface area contributed by atoms with E-state index >= 15 is 0 Å². The Labute approximate surface area is 49.6 Å². The zero-order chi connectivity index (χ0) is 5.14. The van der Waals surface area contributed by atoms with Crippen LogP contribution in [0.3, 0.4) is 0 Å². The third-order valence-electron chi connectivity index (χ3n) is 3.08. The minimum atomic E-state index is 1.12. The highest BCUT2D eigenvalue weighted by atomic mass is 14.5. The van der Waals surface area contributed by atoms with E-state index in [4.69, 9.17) is 0 Å². The van der Waals surface area contributed by atoms with Gasteiger partial charge in [0.1, 0.15) is 0 Å². The van der Waals surface area contributed by atoms with Crippen molar-refractivity contribution in [2.24, 2.45) is 11.8 Å². The molecule has 2 atom stereocenters. The molecule has 0 spiro atoms. The second-order valence-corrected chi connectivity index (χ2v) is 3.44. The molecule has 0 amide bonds. The second kappa shape index (κ2) is 0.896. The van der Waals surface area contributed by atoms with Crippen molar-refractivity contribution in [3.8, 4) is 0 Å². The number of allylic oxidation sites excluding steroid dienone is 2. The van der Waals surface area contributed by atoms with Gasteiger partial charge in [0.2, 0.25) is 0 Å². The summed E-state index contributed by atoms with van der Waals surface area (Å²) in [6.45, 7) is 0. The molecule has 0 heterocycles. The summed E-state index contributed by atoms with van der Waals surface area (Å²) in [6, 6.07) is 0. The molecule has 2 bridgehead atoms. The Morgan fingerprint density at radius 1 is 1.25 bits per heavy atom. The van der Waals surface area contributed by atoms with Crippen molar-refractivity contribution in [2.75, 3.05) is 0 Å². The monoisotopic (exact) mass is 106 g/mol. The first-order valence-electron chi connectivity index (χ1n) is 3.66. The van der Waals surface area contributed by atoms with Gasteiger partial charge in [-0.1, -0.05) is 11.1 Å². The standard InChI is InChI=1S/C8H10/c1-2-6-3-5(1)7-4-8(6)7/h5,7H,1-4H2. The fourth-order valence-electron chi connectivity index (χ4n) is 2.55. The van der Waals surface area contributed by atoms with Crippen molar-refractivity contribution in [2.45, 2.75) is 25.7 Å². The molecule has 0 aliphatic heterocycles. The predicted molar refractivity (Wildman–Crippen MR) is 32.5 cm³/mol. The summed E-state index contributed by atoms with van der Waals surface area (Å²) in [4.78, 5) is 0. The summed E-state index contributed by atoms with van der Waals surface area (Å²) in [7, 11) is 0. The molecule has 2 fully saturated rings. The first kappa shape index (κ1) is 3.71. The lowest BCUT2D eigenvalue weighted by Crippen LogP contribution is -1.91. The first-order valence-corrected chi connectivity index (χ1v) is 3.66. The third kappa shape index (κ3) is 0.249. The molecule has 0 radical (unpaired) electrons. The van der Waals surface area contributed by atoms with Gasteiger partial charge in [-0.3, -0.25) is 0 Å². The quantitative estimate of drug-likeness (QED) is 0.415. The first-order chi connectivity index (χ1) is 3.95. The Hall–Kier alpha value is -0.260. The lowest BCUT2D eigenvalue weighted by atomic mass is 10.0. The molecule has 0 N–H and O–H groups in total. The summed E-state index contributed by atoms with van der Waals surface area (Å²) in [5.74, 6) is 2.26. The number of rotatable bonds is 0. The van der Waals surface area contributed by atoms with Gasteiger partial charge in [0.15, 0.2) is 0 Å². The Bertz CT molecular complexity index is 176. The molecule has 0 aromatic heterocycles. The highest BCUT2D eigenvalue weighted by molar-refractivity contribution is 5.40. The molecule has 0 aromatic rings. The van der Waals surface area contributed by atoms with E-state index in [1.165, 1.54) is 25.7 Å². The minimum absolute atomic E-state index is 1.12. The summed E-state index contributed by atoms with van der Waals surface area (Å²) < 4.78 is 0. The number of hydrogen-bond acceptors (Lipinski definition) is 0. The van der Waals surface area contributed by atoms with E-state index in [0.717, 1.165) is 11.8 Å². The van der Waals surface area contributed by atoms with Gasteiger partial charge in [0.05, 0.1) is 0 Å². The summed E-state index contributed by atoms with van der Waals surface area (Å²) in [5.41, 5.74) is 3.74. The van der Waals surface area contributed by atoms with E-state index in [-0.39, 0.29) is 0 Å². The summed E-state index contributed by atoms with van der Waals surface area (Å²) >= 11 is 0. The summed E-state index contributed by atoms with van der Waals surface area (Å²) in [5, 5.41) is 0. The van der Waals surface area contributed by atoms with E-state index in [1.54, 1.807) is 0 Å². The molecule has 8 heavy (non-hydrogen) atoms. The third-order valence-corrected chi connectivity index (χ3v) is 3.08. The van der Waals surface area contributed by atoms with E-state index in [1.807, 2.05) is 11.1 Å². The molecular weight excluding hydrogens is 96.1 g/mol. The average Bonchev–Trinajstić information content (AvgIpc) is 2.39. The van der Waals surface area contributed by atoms with Crippen LogP contribution in [-0.2, 0) is 0 Å². The molecule has 0 heteroatoms. The smallest absolute Gasteiger partial charge is 0.0131 e. The van der Waals surface area contributed by atoms with Gasteiger partial charge in [0, 0.05) is 0 Å². The van der Waals surface area contributed by atoms with Crippen molar-refractivity contribution in [3.05, 3.63) is 11.1 Å². The maximum atomic E-state index is 1.88. The molecule has 0 aromatic carbocycles. The van der Waals surface area contributed by atoms with Crippen LogP contribution in [0.1, 0.15) is 25.7 Å².